The van der Waals surface area contributed by atoms with Crippen molar-refractivity contribution in [3.05, 3.63) is 34.9 Å². The summed E-state index contributed by atoms with van der Waals surface area (Å²) in [6.07, 6.45) is 1.93. The van der Waals surface area contributed by atoms with Gasteiger partial charge in [0, 0.05) is 11.6 Å². The fourth-order valence-corrected chi connectivity index (χ4v) is 2.81. The van der Waals surface area contributed by atoms with Crippen molar-refractivity contribution in [1.82, 2.24) is 10.2 Å². The first-order valence-electron chi connectivity index (χ1n) is 7.40. The summed E-state index contributed by atoms with van der Waals surface area (Å²) in [7, 11) is 0. The van der Waals surface area contributed by atoms with Crippen LogP contribution in [0.2, 0.25) is 5.02 Å². The number of hydrogen-bond donors (Lipinski definition) is 1. The van der Waals surface area contributed by atoms with Crippen LogP contribution in [0.3, 0.4) is 0 Å². The Morgan fingerprint density at radius 1 is 1.30 bits per heavy atom. The largest absolute Gasteiger partial charge is 0.322 e. The summed E-state index contributed by atoms with van der Waals surface area (Å²) in [6.45, 7) is 7.14. The van der Waals surface area contributed by atoms with E-state index in [4.69, 9.17) is 11.6 Å². The van der Waals surface area contributed by atoms with Gasteiger partial charge in [0.15, 0.2) is 0 Å². The van der Waals surface area contributed by atoms with Crippen molar-refractivity contribution >= 4 is 17.5 Å². The highest BCUT2D eigenvalue weighted by atomic mass is 35.5. The molecule has 0 spiro atoms. The van der Waals surface area contributed by atoms with E-state index in [-0.39, 0.29) is 18.1 Å². The van der Waals surface area contributed by atoms with Crippen LogP contribution < -0.4 is 5.32 Å². The normalized spacial score (nSPS) is 24.2. The van der Waals surface area contributed by atoms with Gasteiger partial charge < -0.3 is 4.90 Å². The average molecular weight is 295 g/mol. The molecule has 110 valence electrons. The highest BCUT2D eigenvalue weighted by molar-refractivity contribution is 6.30. The Labute approximate surface area is 126 Å². The van der Waals surface area contributed by atoms with Crippen molar-refractivity contribution in [1.29, 1.82) is 0 Å². The third-order valence-corrected chi connectivity index (χ3v) is 4.31. The first kappa shape index (κ1) is 15.3. The van der Waals surface area contributed by atoms with E-state index < -0.39 is 0 Å². The van der Waals surface area contributed by atoms with Crippen LogP contribution in [0, 0.1) is 5.92 Å². The molecule has 4 heteroatoms. The Balaban J connectivity index is 2.26. The summed E-state index contributed by atoms with van der Waals surface area (Å²) in [5.41, 5.74) is 1.10. The third kappa shape index (κ3) is 2.99. The lowest BCUT2D eigenvalue weighted by atomic mass is 9.99. The molecule has 3 nitrogen and oxygen atoms in total. The monoisotopic (exact) mass is 294 g/mol. The van der Waals surface area contributed by atoms with E-state index in [0.29, 0.717) is 5.92 Å². The van der Waals surface area contributed by atoms with Crippen LogP contribution in [0.25, 0.3) is 0 Å². The van der Waals surface area contributed by atoms with E-state index in [9.17, 15) is 4.79 Å². The predicted molar refractivity (Wildman–Crippen MR) is 82.6 cm³/mol. The molecule has 0 aromatic heterocycles. The maximum absolute atomic E-state index is 12.6. The topological polar surface area (TPSA) is 32.3 Å². The maximum Gasteiger partial charge on any atom is 0.241 e. The first-order valence-corrected chi connectivity index (χ1v) is 7.78. The number of benzene rings is 1. The van der Waals surface area contributed by atoms with E-state index in [1.165, 1.54) is 0 Å². The lowest BCUT2D eigenvalue weighted by Crippen LogP contribution is -2.35. The van der Waals surface area contributed by atoms with Crippen molar-refractivity contribution in [2.45, 2.75) is 45.8 Å². The molecular formula is C16H23ClN2O. The number of carbonyl (C=O) groups is 1. The molecule has 0 saturated carbocycles. The zero-order valence-corrected chi connectivity index (χ0v) is 13.2. The molecule has 0 radical (unpaired) electrons. The molecule has 1 aromatic rings. The quantitative estimate of drug-likeness (QED) is 0.900. The van der Waals surface area contributed by atoms with Crippen molar-refractivity contribution in [2.24, 2.45) is 5.92 Å². The maximum atomic E-state index is 12.6. The van der Waals surface area contributed by atoms with Crippen LogP contribution in [0.5, 0.6) is 0 Å². The van der Waals surface area contributed by atoms with Crippen LogP contribution in [0.15, 0.2) is 24.3 Å². The van der Waals surface area contributed by atoms with E-state index in [1.807, 2.05) is 29.2 Å². The summed E-state index contributed by atoms with van der Waals surface area (Å²) in [4.78, 5) is 14.5. The predicted octanol–water partition coefficient (Wildman–Crippen LogP) is 3.60. The Kier molecular flexibility index (Phi) is 5.06. The van der Waals surface area contributed by atoms with Crippen molar-refractivity contribution in [3.63, 3.8) is 0 Å². The minimum atomic E-state index is -0.0766. The average Bonchev–Trinajstić information content (AvgIpc) is 2.77. The molecule has 1 aromatic carbocycles. The number of nitrogens with zero attached hydrogens (tertiary/aromatic N) is 1. The highest BCUT2D eigenvalue weighted by Gasteiger charge is 2.40. The van der Waals surface area contributed by atoms with Crippen molar-refractivity contribution < 1.29 is 4.79 Å². The molecule has 1 aliphatic rings. The van der Waals surface area contributed by atoms with E-state index in [0.717, 1.165) is 30.0 Å². The van der Waals surface area contributed by atoms with Crippen LogP contribution in [-0.4, -0.2) is 23.4 Å². The molecule has 1 amide bonds. The zero-order chi connectivity index (χ0) is 14.7. The molecule has 3 atom stereocenters. The van der Waals surface area contributed by atoms with E-state index in [1.54, 1.807) is 0 Å². The SMILES string of the molecule is CCCN1C(=O)C(C(C)CC)NC1c1ccc(Cl)cc1. The number of nitrogens with one attached hydrogen (secondary N) is 1. The lowest BCUT2D eigenvalue weighted by molar-refractivity contribution is -0.131. The van der Waals surface area contributed by atoms with Gasteiger partial charge in [0.25, 0.3) is 0 Å². The number of rotatable bonds is 5. The van der Waals surface area contributed by atoms with Gasteiger partial charge in [-0.2, -0.15) is 0 Å². The third-order valence-electron chi connectivity index (χ3n) is 4.06. The molecule has 0 aliphatic carbocycles. The van der Waals surface area contributed by atoms with Gasteiger partial charge in [0.2, 0.25) is 5.91 Å². The molecule has 2 rings (SSSR count). The molecule has 0 bridgehead atoms. The van der Waals surface area contributed by atoms with Crippen molar-refractivity contribution in [2.75, 3.05) is 6.54 Å². The second-order valence-electron chi connectivity index (χ2n) is 5.52. The van der Waals surface area contributed by atoms with Crippen molar-refractivity contribution in [3.8, 4) is 0 Å². The molecule has 1 fully saturated rings. The minimum absolute atomic E-state index is 0.0290. The van der Waals surface area contributed by atoms with Gasteiger partial charge in [-0.1, -0.05) is 50.9 Å². The summed E-state index contributed by atoms with van der Waals surface area (Å²) in [5.74, 6) is 0.570. The highest BCUT2D eigenvalue weighted by Crippen LogP contribution is 2.29. The summed E-state index contributed by atoms with van der Waals surface area (Å²) < 4.78 is 0. The molecule has 1 heterocycles. The van der Waals surface area contributed by atoms with E-state index in [2.05, 4.69) is 26.1 Å². The number of halogens is 1. The molecule has 1 saturated heterocycles. The summed E-state index contributed by atoms with van der Waals surface area (Å²) in [5, 5.41) is 4.22. The fraction of sp³-hybridized carbons (Fsp3) is 0.562. The van der Waals surface area contributed by atoms with Crippen LogP contribution >= 0.6 is 11.6 Å². The van der Waals surface area contributed by atoms with Crippen LogP contribution in [0.1, 0.15) is 45.3 Å². The van der Waals surface area contributed by atoms with E-state index >= 15 is 0 Å². The Bertz CT molecular complexity index is 460. The van der Waals surface area contributed by atoms with Gasteiger partial charge in [-0.25, -0.2) is 0 Å². The first-order chi connectivity index (χ1) is 9.58. The molecule has 20 heavy (non-hydrogen) atoms. The Morgan fingerprint density at radius 3 is 2.50 bits per heavy atom. The smallest absolute Gasteiger partial charge is 0.241 e. The zero-order valence-electron chi connectivity index (χ0n) is 12.4. The van der Waals surface area contributed by atoms with Gasteiger partial charge in [0.05, 0.1) is 6.04 Å². The lowest BCUT2D eigenvalue weighted by Gasteiger charge is -2.24. The number of hydrogen-bond acceptors (Lipinski definition) is 2. The summed E-state index contributed by atoms with van der Waals surface area (Å²) >= 11 is 5.95. The molecule has 3 unspecified atom stereocenters. The Morgan fingerprint density at radius 2 is 1.95 bits per heavy atom. The van der Waals surface area contributed by atoms with Gasteiger partial charge in [-0.3, -0.25) is 10.1 Å². The standard InChI is InChI=1S/C16H23ClN2O/c1-4-10-19-15(12-6-8-13(17)9-7-12)18-14(16(19)20)11(3)5-2/h6-9,11,14-15,18H,4-5,10H2,1-3H3. The second-order valence-corrected chi connectivity index (χ2v) is 5.95. The van der Waals surface area contributed by atoms with Gasteiger partial charge in [-0.15, -0.1) is 0 Å². The number of amides is 1. The second kappa shape index (κ2) is 6.59. The molecule has 1 aliphatic heterocycles. The van der Waals surface area contributed by atoms with Crippen LogP contribution in [-0.2, 0) is 4.79 Å². The molecule has 1 N–H and O–H groups in total. The van der Waals surface area contributed by atoms with Gasteiger partial charge >= 0.3 is 0 Å². The van der Waals surface area contributed by atoms with Gasteiger partial charge in [-0.05, 0) is 30.0 Å². The van der Waals surface area contributed by atoms with Crippen LogP contribution in [0.4, 0.5) is 0 Å². The number of carbonyl (C=O) groups excluding carboxylic acids is 1. The van der Waals surface area contributed by atoms with Gasteiger partial charge in [0.1, 0.15) is 6.17 Å². The fourth-order valence-electron chi connectivity index (χ4n) is 2.68. The minimum Gasteiger partial charge on any atom is -0.322 e. The Hall–Kier alpha value is -1.06. The summed E-state index contributed by atoms with van der Waals surface area (Å²) in [6, 6.07) is 7.67. The molecular weight excluding hydrogens is 272 g/mol.